The van der Waals surface area contributed by atoms with Crippen molar-refractivity contribution in [2.45, 2.75) is 45.3 Å². The van der Waals surface area contributed by atoms with Crippen molar-refractivity contribution in [3.63, 3.8) is 0 Å². The maximum absolute atomic E-state index is 14.6. The lowest BCUT2D eigenvalue weighted by atomic mass is 9.83. The number of hydrogen-bond donors (Lipinski definition) is 1. The molecule has 10 heteroatoms. The zero-order valence-electron chi connectivity index (χ0n) is 16.4. The average molecular weight is 401 g/mol. The molecule has 1 atom stereocenters. The third-order valence-electron chi connectivity index (χ3n) is 4.27. The Morgan fingerprint density at radius 2 is 2.03 bits per heavy atom. The van der Waals surface area contributed by atoms with Crippen LogP contribution < -0.4 is 5.32 Å². The summed E-state index contributed by atoms with van der Waals surface area (Å²) < 4.78 is 19.8. The number of fused-ring (bicyclic) bond motifs is 1. The molecule has 0 bridgehead atoms. The van der Waals surface area contributed by atoms with E-state index in [2.05, 4.69) is 20.3 Å². The Labute approximate surface area is 166 Å². The van der Waals surface area contributed by atoms with Crippen molar-refractivity contribution in [1.82, 2.24) is 15.3 Å². The first-order valence-corrected chi connectivity index (χ1v) is 8.83. The van der Waals surface area contributed by atoms with Crippen LogP contribution >= 0.6 is 0 Å². The van der Waals surface area contributed by atoms with E-state index in [9.17, 15) is 19.3 Å². The third kappa shape index (κ3) is 4.36. The van der Waals surface area contributed by atoms with Gasteiger partial charge in [-0.3, -0.25) is 15.1 Å². The summed E-state index contributed by atoms with van der Waals surface area (Å²) in [5, 5.41) is 14.2. The van der Waals surface area contributed by atoms with Crippen LogP contribution in [0, 0.1) is 15.9 Å². The van der Waals surface area contributed by atoms with Gasteiger partial charge in [0.1, 0.15) is 17.1 Å². The Balaban J connectivity index is 2.09. The van der Waals surface area contributed by atoms with Gasteiger partial charge in [0.15, 0.2) is 5.84 Å². The maximum atomic E-state index is 14.6. The summed E-state index contributed by atoms with van der Waals surface area (Å²) in [6, 6.07) is 3.29. The highest BCUT2D eigenvalue weighted by Gasteiger charge is 2.39. The number of benzene rings is 1. The summed E-state index contributed by atoms with van der Waals surface area (Å²) >= 11 is 0. The van der Waals surface area contributed by atoms with Crippen molar-refractivity contribution in [1.29, 1.82) is 0 Å². The summed E-state index contributed by atoms with van der Waals surface area (Å²) in [6.45, 7) is 6.76. The van der Waals surface area contributed by atoms with E-state index in [-0.39, 0.29) is 23.5 Å². The zero-order valence-corrected chi connectivity index (χ0v) is 16.4. The van der Waals surface area contributed by atoms with Gasteiger partial charge < -0.3 is 10.1 Å². The fourth-order valence-corrected chi connectivity index (χ4v) is 3.06. The molecule has 1 unspecified atom stereocenters. The standard InChI is InChI=1S/C19H20FN5O4/c1-18(2,3)29-17(26)23-16-15-14(21-7-8-22-15)10-19(4,24-16)12-9-11(25(27)28)5-6-13(12)20/h5-9H,10H2,1-4H3,(H,23,24,26). The summed E-state index contributed by atoms with van der Waals surface area (Å²) in [4.78, 5) is 35.2. The average Bonchev–Trinajstić information content (AvgIpc) is 2.60. The van der Waals surface area contributed by atoms with Crippen LogP contribution in [0.4, 0.5) is 14.9 Å². The molecule has 0 saturated heterocycles. The molecule has 9 nitrogen and oxygen atoms in total. The van der Waals surface area contributed by atoms with Gasteiger partial charge in [0.25, 0.3) is 5.69 Å². The molecule has 1 aliphatic rings. The molecular weight excluding hydrogens is 381 g/mol. The quantitative estimate of drug-likeness (QED) is 0.606. The molecule has 0 spiro atoms. The smallest absolute Gasteiger partial charge is 0.436 e. The van der Waals surface area contributed by atoms with Gasteiger partial charge in [-0.05, 0) is 33.8 Å². The number of aromatic nitrogens is 2. The van der Waals surface area contributed by atoms with Crippen LogP contribution in [0.3, 0.4) is 0 Å². The van der Waals surface area contributed by atoms with Crippen LogP contribution in [0.15, 0.2) is 35.6 Å². The van der Waals surface area contributed by atoms with Crippen molar-refractivity contribution in [3.8, 4) is 0 Å². The van der Waals surface area contributed by atoms with Crippen LogP contribution in [0.5, 0.6) is 0 Å². The number of nitro benzene ring substituents is 1. The molecule has 29 heavy (non-hydrogen) atoms. The number of aliphatic imine (C=N–C) groups is 1. The van der Waals surface area contributed by atoms with E-state index in [1.165, 1.54) is 12.4 Å². The second kappa shape index (κ2) is 7.19. The zero-order chi connectivity index (χ0) is 21.4. The van der Waals surface area contributed by atoms with Gasteiger partial charge in [-0.25, -0.2) is 14.2 Å². The number of carbonyl (C=O) groups excluding carboxylic acids is 1. The summed E-state index contributed by atoms with van der Waals surface area (Å²) in [5.41, 5.74) is -1.29. The van der Waals surface area contributed by atoms with E-state index in [0.717, 1.165) is 18.2 Å². The monoisotopic (exact) mass is 401 g/mol. The lowest BCUT2D eigenvalue weighted by Crippen LogP contribution is -2.51. The number of nitrogens with zero attached hydrogens (tertiary/aromatic N) is 4. The van der Waals surface area contributed by atoms with Crippen molar-refractivity contribution in [3.05, 3.63) is 63.5 Å². The molecule has 1 aromatic heterocycles. The molecule has 1 aliphatic heterocycles. The minimum Gasteiger partial charge on any atom is -0.442 e. The van der Waals surface area contributed by atoms with E-state index in [1.54, 1.807) is 27.7 Å². The number of nitro groups is 1. The van der Waals surface area contributed by atoms with Gasteiger partial charge in [-0.1, -0.05) is 0 Å². The lowest BCUT2D eigenvalue weighted by Gasteiger charge is -2.36. The SMILES string of the molecule is CC(C)(C)OC(=O)/N=C1\NC(C)(c2cc([N+](=O)[O-])ccc2F)Cc2nccnc21. The number of non-ortho nitro benzene ring substituents is 1. The van der Waals surface area contributed by atoms with Gasteiger partial charge in [0, 0.05) is 36.5 Å². The Morgan fingerprint density at radius 3 is 2.69 bits per heavy atom. The molecule has 1 N–H and O–H groups in total. The summed E-state index contributed by atoms with van der Waals surface area (Å²) in [6.07, 6.45) is 2.25. The Morgan fingerprint density at radius 1 is 1.34 bits per heavy atom. The van der Waals surface area contributed by atoms with Crippen molar-refractivity contribution in [2.75, 3.05) is 0 Å². The van der Waals surface area contributed by atoms with Crippen LogP contribution in [0.2, 0.25) is 0 Å². The first-order valence-electron chi connectivity index (χ1n) is 8.83. The molecule has 0 fully saturated rings. The minimum atomic E-state index is -1.15. The number of nitrogens with one attached hydrogen (secondary N) is 1. The second-order valence-corrected chi connectivity index (χ2v) is 7.85. The number of hydrogen-bond acceptors (Lipinski definition) is 6. The van der Waals surface area contributed by atoms with Gasteiger partial charge in [0.05, 0.1) is 16.2 Å². The molecule has 152 valence electrons. The molecule has 3 rings (SSSR count). The van der Waals surface area contributed by atoms with Crippen LogP contribution in [0.25, 0.3) is 0 Å². The van der Waals surface area contributed by atoms with E-state index in [4.69, 9.17) is 4.74 Å². The highest BCUT2D eigenvalue weighted by Crippen LogP contribution is 2.33. The Bertz CT molecular complexity index is 1020. The topological polar surface area (TPSA) is 120 Å². The Hall–Kier alpha value is -3.43. The lowest BCUT2D eigenvalue weighted by molar-refractivity contribution is -0.385. The highest BCUT2D eigenvalue weighted by atomic mass is 19.1. The van der Waals surface area contributed by atoms with Crippen LogP contribution in [-0.4, -0.2) is 32.4 Å². The van der Waals surface area contributed by atoms with Gasteiger partial charge in [-0.2, -0.15) is 4.99 Å². The van der Waals surface area contributed by atoms with Crippen molar-refractivity contribution < 1.29 is 18.8 Å². The van der Waals surface area contributed by atoms with Gasteiger partial charge in [-0.15, -0.1) is 0 Å². The summed E-state index contributed by atoms with van der Waals surface area (Å²) in [5.74, 6) is -0.573. The van der Waals surface area contributed by atoms with E-state index >= 15 is 0 Å². The number of amidine groups is 1. The van der Waals surface area contributed by atoms with Gasteiger partial charge >= 0.3 is 6.09 Å². The predicted molar refractivity (Wildman–Crippen MR) is 102 cm³/mol. The first-order chi connectivity index (χ1) is 13.5. The fraction of sp³-hybridized carbons (Fsp3) is 0.368. The number of carbonyl (C=O) groups is 1. The van der Waals surface area contributed by atoms with Crippen molar-refractivity contribution in [2.24, 2.45) is 4.99 Å². The van der Waals surface area contributed by atoms with Crippen LogP contribution in [0.1, 0.15) is 44.6 Å². The molecule has 2 aromatic rings. The molecule has 1 aromatic carbocycles. The molecule has 0 saturated carbocycles. The Kier molecular flexibility index (Phi) is 5.04. The molecule has 2 heterocycles. The minimum absolute atomic E-state index is 0.0555. The molecule has 1 amide bonds. The number of rotatable bonds is 2. The second-order valence-electron chi connectivity index (χ2n) is 7.85. The summed E-state index contributed by atoms with van der Waals surface area (Å²) in [7, 11) is 0. The molecule has 0 radical (unpaired) electrons. The number of amides is 1. The van der Waals surface area contributed by atoms with E-state index in [0.29, 0.717) is 11.4 Å². The van der Waals surface area contributed by atoms with Crippen LogP contribution in [-0.2, 0) is 16.7 Å². The van der Waals surface area contributed by atoms with E-state index in [1.807, 2.05) is 0 Å². The van der Waals surface area contributed by atoms with Crippen molar-refractivity contribution >= 4 is 17.6 Å². The predicted octanol–water partition coefficient (Wildman–Crippen LogP) is 3.27. The molecule has 0 aliphatic carbocycles. The highest BCUT2D eigenvalue weighted by molar-refractivity contribution is 6.04. The number of ether oxygens (including phenoxy) is 1. The fourth-order valence-electron chi connectivity index (χ4n) is 3.06. The first kappa shape index (κ1) is 20.3. The van der Waals surface area contributed by atoms with Gasteiger partial charge in [0.2, 0.25) is 0 Å². The maximum Gasteiger partial charge on any atom is 0.436 e. The largest absolute Gasteiger partial charge is 0.442 e. The third-order valence-corrected chi connectivity index (χ3v) is 4.27. The van der Waals surface area contributed by atoms with E-state index < -0.39 is 28.0 Å². The normalized spacial score (nSPS) is 20.0. The molecular formula is C19H20FN5O4. The number of halogens is 1.